The molecule has 19 heavy (non-hydrogen) atoms. The first kappa shape index (κ1) is 13.0. The number of terminal acetylenes is 1. The van der Waals surface area contributed by atoms with Gasteiger partial charge in [-0.1, -0.05) is 31.2 Å². The summed E-state index contributed by atoms with van der Waals surface area (Å²) >= 11 is 0. The Morgan fingerprint density at radius 1 is 1.21 bits per heavy atom. The molecule has 0 heterocycles. The van der Waals surface area contributed by atoms with Gasteiger partial charge in [-0.15, -0.1) is 12.3 Å². The van der Waals surface area contributed by atoms with Crippen molar-refractivity contribution in [2.24, 2.45) is 0 Å². The molecular formula is C17H16N2. The highest BCUT2D eigenvalue weighted by Crippen LogP contribution is 2.27. The van der Waals surface area contributed by atoms with Crippen LogP contribution in [0.25, 0.3) is 10.8 Å². The Balaban J connectivity index is 2.45. The minimum atomic E-state index is 0.265. The van der Waals surface area contributed by atoms with E-state index in [1.165, 1.54) is 0 Å². The van der Waals surface area contributed by atoms with Crippen LogP contribution in [0.3, 0.4) is 0 Å². The lowest BCUT2D eigenvalue weighted by atomic mass is 10.0. The number of nitrogens with zero attached hydrogens (tertiary/aromatic N) is 1. The van der Waals surface area contributed by atoms with Crippen LogP contribution < -0.4 is 5.32 Å². The highest BCUT2D eigenvalue weighted by Gasteiger charge is 2.09. The molecular weight excluding hydrogens is 232 g/mol. The molecule has 0 fully saturated rings. The summed E-state index contributed by atoms with van der Waals surface area (Å²) in [6.45, 7) is 2.11. The molecule has 0 aliphatic rings. The average molecular weight is 248 g/mol. The van der Waals surface area contributed by atoms with Crippen LogP contribution in [0.1, 0.15) is 25.3 Å². The lowest BCUT2D eigenvalue weighted by Gasteiger charge is -2.17. The fourth-order valence-electron chi connectivity index (χ4n) is 2.18. The van der Waals surface area contributed by atoms with E-state index in [-0.39, 0.29) is 6.04 Å². The highest BCUT2D eigenvalue weighted by molar-refractivity contribution is 5.97. The number of benzene rings is 2. The SMILES string of the molecule is C#CCC(CC)Nc1ccc(C#N)c2ccccc12. The molecule has 0 aliphatic carbocycles. The van der Waals surface area contributed by atoms with Crippen LogP contribution in [0.5, 0.6) is 0 Å². The largest absolute Gasteiger partial charge is 0.381 e. The molecule has 1 N–H and O–H groups in total. The molecule has 0 radical (unpaired) electrons. The van der Waals surface area contributed by atoms with Crippen LogP contribution in [-0.2, 0) is 0 Å². The van der Waals surface area contributed by atoms with Crippen molar-refractivity contribution in [1.29, 1.82) is 5.26 Å². The van der Waals surface area contributed by atoms with Crippen molar-refractivity contribution >= 4 is 16.5 Å². The maximum absolute atomic E-state index is 9.14. The molecule has 0 saturated carbocycles. The number of nitrogens with one attached hydrogen (secondary N) is 1. The summed E-state index contributed by atoms with van der Waals surface area (Å²) in [5.41, 5.74) is 1.74. The molecule has 0 aliphatic heterocycles. The van der Waals surface area contributed by atoms with Crippen LogP contribution in [0.15, 0.2) is 36.4 Å². The molecule has 1 atom stereocenters. The Labute approximate surface area is 114 Å². The van der Waals surface area contributed by atoms with Crippen molar-refractivity contribution in [2.75, 3.05) is 5.32 Å². The summed E-state index contributed by atoms with van der Waals surface area (Å²) in [5, 5.41) is 14.7. The summed E-state index contributed by atoms with van der Waals surface area (Å²) in [5.74, 6) is 2.69. The number of anilines is 1. The highest BCUT2D eigenvalue weighted by atomic mass is 14.9. The van der Waals surface area contributed by atoms with E-state index in [2.05, 4.69) is 24.2 Å². The normalized spacial score (nSPS) is 11.5. The smallest absolute Gasteiger partial charge is 0.0998 e. The van der Waals surface area contributed by atoms with Crippen LogP contribution in [0.2, 0.25) is 0 Å². The Morgan fingerprint density at radius 2 is 1.95 bits per heavy atom. The first-order valence-electron chi connectivity index (χ1n) is 6.42. The molecule has 2 aromatic rings. The zero-order chi connectivity index (χ0) is 13.7. The lowest BCUT2D eigenvalue weighted by molar-refractivity contribution is 0.716. The van der Waals surface area contributed by atoms with Gasteiger partial charge in [0.25, 0.3) is 0 Å². The van der Waals surface area contributed by atoms with E-state index in [0.29, 0.717) is 12.0 Å². The molecule has 0 aromatic heterocycles. The number of fused-ring (bicyclic) bond motifs is 1. The quantitative estimate of drug-likeness (QED) is 0.832. The summed E-state index contributed by atoms with van der Waals surface area (Å²) < 4.78 is 0. The van der Waals surface area contributed by atoms with Crippen LogP contribution >= 0.6 is 0 Å². The maximum atomic E-state index is 9.14. The van der Waals surface area contributed by atoms with Crippen molar-refractivity contribution < 1.29 is 0 Å². The van der Waals surface area contributed by atoms with E-state index >= 15 is 0 Å². The molecule has 2 heteroatoms. The van der Waals surface area contributed by atoms with E-state index in [1.807, 2.05) is 36.4 Å². The van der Waals surface area contributed by atoms with Crippen LogP contribution in [-0.4, -0.2) is 6.04 Å². The Bertz CT molecular complexity index is 659. The van der Waals surface area contributed by atoms with Crippen molar-refractivity contribution in [2.45, 2.75) is 25.8 Å². The van der Waals surface area contributed by atoms with Gasteiger partial charge in [0.15, 0.2) is 0 Å². The zero-order valence-electron chi connectivity index (χ0n) is 11.0. The molecule has 1 unspecified atom stereocenters. The second kappa shape index (κ2) is 5.94. The minimum Gasteiger partial charge on any atom is -0.381 e. The lowest BCUT2D eigenvalue weighted by Crippen LogP contribution is -2.17. The number of hydrogen-bond donors (Lipinski definition) is 1. The standard InChI is InChI=1S/C17H16N2/c1-3-7-14(4-2)19-17-11-10-13(12-18)15-8-5-6-9-16(15)17/h1,5-6,8-11,14,19H,4,7H2,2H3. The molecule has 2 aromatic carbocycles. The average Bonchev–Trinajstić information content (AvgIpc) is 2.47. The first-order valence-corrected chi connectivity index (χ1v) is 6.42. The number of hydrogen-bond acceptors (Lipinski definition) is 2. The predicted molar refractivity (Wildman–Crippen MR) is 79.8 cm³/mol. The van der Waals surface area contributed by atoms with E-state index in [0.717, 1.165) is 22.9 Å². The topological polar surface area (TPSA) is 35.8 Å². The molecule has 0 spiro atoms. The number of rotatable bonds is 4. The molecule has 2 rings (SSSR count). The van der Waals surface area contributed by atoms with Crippen molar-refractivity contribution in [3.63, 3.8) is 0 Å². The number of nitriles is 1. The molecule has 0 amide bonds. The van der Waals surface area contributed by atoms with Crippen LogP contribution in [0, 0.1) is 23.7 Å². The molecule has 94 valence electrons. The van der Waals surface area contributed by atoms with Gasteiger partial charge in [-0.05, 0) is 18.6 Å². The van der Waals surface area contributed by atoms with Crippen molar-refractivity contribution in [3.05, 3.63) is 42.0 Å². The third kappa shape index (κ3) is 2.69. The zero-order valence-corrected chi connectivity index (χ0v) is 11.0. The van der Waals surface area contributed by atoms with Crippen LogP contribution in [0.4, 0.5) is 5.69 Å². The maximum Gasteiger partial charge on any atom is 0.0998 e. The summed E-state index contributed by atoms with van der Waals surface area (Å²) in [6.07, 6.45) is 7.05. The van der Waals surface area contributed by atoms with E-state index < -0.39 is 0 Å². The third-order valence-electron chi connectivity index (χ3n) is 3.26. The summed E-state index contributed by atoms with van der Waals surface area (Å²) in [6, 6.07) is 14.2. The van der Waals surface area contributed by atoms with E-state index in [4.69, 9.17) is 11.7 Å². The van der Waals surface area contributed by atoms with Crippen molar-refractivity contribution in [3.8, 4) is 18.4 Å². The van der Waals surface area contributed by atoms with Gasteiger partial charge in [0.05, 0.1) is 11.6 Å². The summed E-state index contributed by atoms with van der Waals surface area (Å²) in [4.78, 5) is 0. The van der Waals surface area contributed by atoms with E-state index in [1.54, 1.807) is 0 Å². The van der Waals surface area contributed by atoms with Gasteiger partial charge in [0.1, 0.15) is 0 Å². The fraction of sp³-hybridized carbons (Fsp3) is 0.235. The summed E-state index contributed by atoms with van der Waals surface area (Å²) in [7, 11) is 0. The van der Waals surface area contributed by atoms with Gasteiger partial charge < -0.3 is 5.32 Å². The molecule has 0 bridgehead atoms. The Morgan fingerprint density at radius 3 is 2.58 bits per heavy atom. The Hall–Kier alpha value is -2.45. The van der Waals surface area contributed by atoms with Crippen molar-refractivity contribution in [1.82, 2.24) is 0 Å². The first-order chi connectivity index (χ1) is 9.30. The van der Waals surface area contributed by atoms with Gasteiger partial charge in [-0.2, -0.15) is 5.26 Å². The van der Waals surface area contributed by atoms with Gasteiger partial charge in [0.2, 0.25) is 0 Å². The van der Waals surface area contributed by atoms with Gasteiger partial charge >= 0.3 is 0 Å². The molecule has 0 saturated heterocycles. The van der Waals surface area contributed by atoms with E-state index in [9.17, 15) is 0 Å². The Kier molecular flexibility index (Phi) is 4.06. The second-order valence-corrected chi connectivity index (χ2v) is 4.48. The van der Waals surface area contributed by atoms with Gasteiger partial charge in [-0.25, -0.2) is 0 Å². The minimum absolute atomic E-state index is 0.265. The van der Waals surface area contributed by atoms with Gasteiger partial charge in [0, 0.05) is 28.9 Å². The third-order valence-corrected chi connectivity index (χ3v) is 3.26. The fourth-order valence-corrected chi connectivity index (χ4v) is 2.18. The monoisotopic (exact) mass is 248 g/mol. The van der Waals surface area contributed by atoms with Gasteiger partial charge in [-0.3, -0.25) is 0 Å². The second-order valence-electron chi connectivity index (χ2n) is 4.48. The predicted octanol–water partition coefficient (Wildman–Crippen LogP) is 3.93. The molecule has 2 nitrogen and oxygen atoms in total.